The van der Waals surface area contributed by atoms with Crippen LogP contribution < -0.4 is 15.5 Å². The number of hydrogen-bond donors (Lipinski definition) is 2. The maximum absolute atomic E-state index is 13.2. The van der Waals surface area contributed by atoms with Gasteiger partial charge in [0.15, 0.2) is 0 Å². The molecule has 37 heavy (non-hydrogen) atoms. The van der Waals surface area contributed by atoms with Gasteiger partial charge in [0.2, 0.25) is 5.91 Å². The van der Waals surface area contributed by atoms with E-state index in [1.165, 1.54) is 6.07 Å². The Hall–Kier alpha value is -3.01. The Morgan fingerprint density at radius 1 is 1.03 bits per heavy atom. The third kappa shape index (κ3) is 7.06. The van der Waals surface area contributed by atoms with Gasteiger partial charge in [-0.05, 0) is 80.8 Å². The fourth-order valence-electron chi connectivity index (χ4n) is 5.18. The highest BCUT2D eigenvalue weighted by Gasteiger charge is 2.38. The second kappa shape index (κ2) is 11.6. The van der Waals surface area contributed by atoms with Crippen molar-refractivity contribution in [2.24, 2.45) is 11.8 Å². The number of anilines is 2. The third-order valence-corrected chi connectivity index (χ3v) is 7.59. The Morgan fingerprint density at radius 3 is 2.27 bits per heavy atom. The van der Waals surface area contributed by atoms with Crippen LogP contribution in [0, 0.1) is 22.0 Å². The van der Waals surface area contributed by atoms with E-state index in [1.54, 1.807) is 0 Å². The highest BCUT2D eigenvalue weighted by Crippen LogP contribution is 2.38. The summed E-state index contributed by atoms with van der Waals surface area (Å²) in [4.78, 5) is 25.0. The van der Waals surface area contributed by atoms with Crippen molar-refractivity contribution in [3.8, 4) is 0 Å². The Bertz CT molecular complexity index is 1100. The molecule has 0 spiro atoms. The van der Waals surface area contributed by atoms with E-state index in [0.29, 0.717) is 43.2 Å². The lowest BCUT2D eigenvalue weighted by molar-refractivity contribution is -0.388. The second-order valence-corrected chi connectivity index (χ2v) is 10.3. The van der Waals surface area contributed by atoms with Crippen LogP contribution in [0.3, 0.4) is 0 Å². The molecule has 1 aliphatic carbocycles. The van der Waals surface area contributed by atoms with Crippen LogP contribution in [-0.4, -0.2) is 36.5 Å². The van der Waals surface area contributed by atoms with E-state index in [0.717, 1.165) is 43.8 Å². The Morgan fingerprint density at radius 2 is 1.68 bits per heavy atom. The van der Waals surface area contributed by atoms with Gasteiger partial charge in [0.1, 0.15) is 5.56 Å². The van der Waals surface area contributed by atoms with Gasteiger partial charge in [-0.2, -0.15) is 13.2 Å². The van der Waals surface area contributed by atoms with Crippen LogP contribution in [-0.2, 0) is 11.0 Å². The van der Waals surface area contributed by atoms with Crippen LogP contribution in [0.5, 0.6) is 0 Å². The number of nitrogens with one attached hydrogen (secondary N) is 2. The number of amides is 1. The summed E-state index contributed by atoms with van der Waals surface area (Å²) in [5.74, 6) is 0.346. The summed E-state index contributed by atoms with van der Waals surface area (Å²) in [5.41, 5.74) is -0.889. The molecule has 1 saturated carbocycles. The van der Waals surface area contributed by atoms with Crippen molar-refractivity contribution in [2.45, 2.75) is 50.7 Å². The summed E-state index contributed by atoms with van der Waals surface area (Å²) < 4.78 is 39.7. The zero-order valence-electron chi connectivity index (χ0n) is 20.3. The Balaban J connectivity index is 1.20. The summed E-state index contributed by atoms with van der Waals surface area (Å²) >= 11 is 5.97. The second-order valence-electron chi connectivity index (χ2n) is 9.83. The van der Waals surface area contributed by atoms with Gasteiger partial charge in [0.25, 0.3) is 5.69 Å². The lowest BCUT2D eigenvalue weighted by Gasteiger charge is -2.34. The van der Waals surface area contributed by atoms with E-state index in [1.807, 2.05) is 24.3 Å². The number of hydrogen-bond acceptors (Lipinski definition) is 5. The summed E-state index contributed by atoms with van der Waals surface area (Å²) in [5, 5.41) is 17.8. The van der Waals surface area contributed by atoms with Gasteiger partial charge in [0.05, 0.1) is 4.92 Å². The first-order valence-corrected chi connectivity index (χ1v) is 12.9. The van der Waals surface area contributed by atoms with Gasteiger partial charge in [-0.15, -0.1) is 0 Å². The number of alkyl halides is 3. The molecule has 1 aliphatic heterocycles. The standard InChI is InChI=1S/C26H30ClF3N4O3/c27-19-3-8-22(9-4-19)33-13-11-17(12-14-33)16-31-25(35)18-1-5-20(6-2-18)32-21-7-10-24(34(36)37)23(15-21)26(28,29)30/h3-4,7-10,15,17-18,20,32H,1-2,5-6,11-14,16H2,(H,31,35)/t18-,20+. The first-order chi connectivity index (χ1) is 17.6. The average molecular weight is 539 g/mol. The van der Waals surface area contributed by atoms with Gasteiger partial charge in [-0.1, -0.05) is 11.6 Å². The molecule has 200 valence electrons. The Labute approximate surface area is 218 Å². The SMILES string of the molecule is O=C(NCC1CCN(c2ccc(Cl)cc2)CC1)[C@H]1CC[C@@H](Nc2ccc([N+](=O)[O-])c(C(F)(F)F)c2)CC1. The van der Waals surface area contributed by atoms with Crippen molar-refractivity contribution in [3.05, 3.63) is 63.2 Å². The molecular weight excluding hydrogens is 509 g/mol. The molecule has 0 radical (unpaired) electrons. The largest absolute Gasteiger partial charge is 0.423 e. The number of rotatable bonds is 7. The van der Waals surface area contributed by atoms with Gasteiger partial charge < -0.3 is 15.5 Å². The maximum atomic E-state index is 13.2. The fraction of sp³-hybridized carbons (Fsp3) is 0.500. The van der Waals surface area contributed by atoms with Crippen molar-refractivity contribution in [1.29, 1.82) is 0 Å². The first kappa shape index (κ1) is 27.0. The van der Waals surface area contributed by atoms with Crippen molar-refractivity contribution < 1.29 is 22.9 Å². The van der Waals surface area contributed by atoms with E-state index < -0.39 is 22.4 Å². The molecule has 1 heterocycles. The molecule has 2 aliphatic rings. The molecule has 2 N–H and O–H groups in total. The number of carbonyl (C=O) groups is 1. The predicted octanol–water partition coefficient (Wildman–Crippen LogP) is 6.27. The number of halogens is 4. The summed E-state index contributed by atoms with van der Waals surface area (Å²) in [6.45, 7) is 2.50. The molecule has 2 aromatic carbocycles. The van der Waals surface area contributed by atoms with Crippen LogP contribution >= 0.6 is 11.6 Å². The lowest BCUT2D eigenvalue weighted by Crippen LogP contribution is -2.41. The third-order valence-electron chi connectivity index (χ3n) is 7.34. The number of carbonyl (C=O) groups excluding carboxylic acids is 1. The number of nitro benzene ring substituents is 1. The zero-order valence-corrected chi connectivity index (χ0v) is 21.0. The summed E-state index contributed by atoms with van der Waals surface area (Å²) in [6, 6.07) is 10.7. The monoisotopic (exact) mass is 538 g/mol. The number of nitro groups is 1. The molecule has 0 unspecified atom stereocenters. The van der Waals surface area contributed by atoms with Crippen molar-refractivity contribution in [2.75, 3.05) is 29.9 Å². The summed E-state index contributed by atoms with van der Waals surface area (Å²) in [6.07, 6.45) is -0.285. The van der Waals surface area contributed by atoms with Crippen molar-refractivity contribution in [3.63, 3.8) is 0 Å². The first-order valence-electron chi connectivity index (χ1n) is 12.5. The van der Waals surface area contributed by atoms with Gasteiger partial charge >= 0.3 is 6.18 Å². The van der Waals surface area contributed by atoms with E-state index >= 15 is 0 Å². The van der Waals surface area contributed by atoms with Crippen LogP contribution in [0.15, 0.2) is 42.5 Å². The van der Waals surface area contributed by atoms with Crippen LogP contribution in [0.4, 0.5) is 30.2 Å². The predicted molar refractivity (Wildman–Crippen MR) is 137 cm³/mol. The topological polar surface area (TPSA) is 87.5 Å². The normalized spacial score (nSPS) is 20.9. The quantitative estimate of drug-likeness (QED) is 0.320. The number of nitrogens with zero attached hydrogens (tertiary/aromatic N) is 2. The molecule has 2 aromatic rings. The highest BCUT2D eigenvalue weighted by atomic mass is 35.5. The molecule has 7 nitrogen and oxygen atoms in total. The minimum atomic E-state index is -4.82. The van der Waals surface area contributed by atoms with Crippen molar-refractivity contribution >= 4 is 34.6 Å². The molecule has 0 aromatic heterocycles. The smallest absolute Gasteiger partial charge is 0.382 e. The van der Waals surface area contributed by atoms with Gasteiger partial charge in [0, 0.05) is 54.1 Å². The number of benzene rings is 2. The van der Waals surface area contributed by atoms with Crippen LogP contribution in [0.1, 0.15) is 44.1 Å². The van der Waals surface area contributed by atoms with E-state index in [9.17, 15) is 28.1 Å². The molecule has 0 atom stereocenters. The van der Waals surface area contributed by atoms with E-state index in [4.69, 9.17) is 11.6 Å². The highest BCUT2D eigenvalue weighted by molar-refractivity contribution is 6.30. The van der Waals surface area contributed by atoms with Crippen LogP contribution in [0.25, 0.3) is 0 Å². The number of piperidine rings is 1. The maximum Gasteiger partial charge on any atom is 0.423 e. The molecular formula is C26H30ClF3N4O3. The van der Waals surface area contributed by atoms with Crippen LogP contribution in [0.2, 0.25) is 5.02 Å². The molecule has 2 fully saturated rings. The van der Waals surface area contributed by atoms with E-state index in [2.05, 4.69) is 15.5 Å². The fourth-order valence-corrected chi connectivity index (χ4v) is 5.31. The molecule has 0 bridgehead atoms. The van der Waals surface area contributed by atoms with E-state index in [-0.39, 0.29) is 23.6 Å². The zero-order chi connectivity index (χ0) is 26.6. The Kier molecular flexibility index (Phi) is 8.46. The summed E-state index contributed by atoms with van der Waals surface area (Å²) in [7, 11) is 0. The average Bonchev–Trinajstić information content (AvgIpc) is 2.88. The molecule has 11 heteroatoms. The lowest BCUT2D eigenvalue weighted by atomic mass is 9.85. The van der Waals surface area contributed by atoms with Gasteiger partial charge in [-0.3, -0.25) is 14.9 Å². The molecule has 1 saturated heterocycles. The minimum Gasteiger partial charge on any atom is -0.382 e. The van der Waals surface area contributed by atoms with Crippen molar-refractivity contribution in [1.82, 2.24) is 5.32 Å². The molecule has 1 amide bonds. The molecule has 4 rings (SSSR count). The minimum absolute atomic E-state index is 0.0354. The van der Waals surface area contributed by atoms with Gasteiger partial charge in [-0.25, -0.2) is 0 Å².